The molecule has 3 aromatic rings. The fourth-order valence-electron chi connectivity index (χ4n) is 5.02. The SMILES string of the molecule is COc1c(C)cc(C(C)(C)Nc2ccc(Cc3nc(Cl)c(CC(=O)O)c(N4CCCC4)n3)cc2)cc1C. The van der Waals surface area contributed by atoms with Gasteiger partial charge in [0.05, 0.1) is 19.1 Å². The van der Waals surface area contributed by atoms with Crippen LogP contribution >= 0.6 is 11.6 Å². The highest BCUT2D eigenvalue weighted by Crippen LogP contribution is 2.33. The van der Waals surface area contributed by atoms with Gasteiger partial charge in [0.2, 0.25) is 0 Å². The number of aryl methyl sites for hydroxylation is 2. The van der Waals surface area contributed by atoms with Crippen molar-refractivity contribution in [3.8, 4) is 5.75 Å². The monoisotopic (exact) mass is 522 g/mol. The summed E-state index contributed by atoms with van der Waals surface area (Å²) in [5.41, 5.74) is 5.68. The standard InChI is InChI=1S/C29H35ClN4O3/c1-18-14-21(15-19(2)26(18)37-5)29(3,4)33-22-10-8-20(9-11-22)16-24-31-27(30)23(17-25(35)36)28(32-24)34-12-6-7-13-34/h8-11,14-15,33H,6-7,12-13,16-17H2,1-5H3,(H,35,36). The van der Waals surface area contributed by atoms with Crippen molar-refractivity contribution in [3.63, 3.8) is 0 Å². The number of hydrogen-bond donors (Lipinski definition) is 2. The van der Waals surface area contributed by atoms with Crippen LogP contribution in [0.3, 0.4) is 0 Å². The molecule has 0 bridgehead atoms. The Kier molecular flexibility index (Phi) is 7.93. The summed E-state index contributed by atoms with van der Waals surface area (Å²) in [6, 6.07) is 12.6. The second-order valence-corrected chi connectivity index (χ2v) is 10.6. The molecule has 8 heteroatoms. The second-order valence-electron chi connectivity index (χ2n) is 10.3. The van der Waals surface area contributed by atoms with Gasteiger partial charge in [-0.2, -0.15) is 0 Å². The molecular weight excluding hydrogens is 488 g/mol. The number of rotatable bonds is 9. The highest BCUT2D eigenvalue weighted by Gasteiger charge is 2.24. The summed E-state index contributed by atoms with van der Waals surface area (Å²) in [5, 5.41) is 13.2. The summed E-state index contributed by atoms with van der Waals surface area (Å²) in [7, 11) is 1.70. The average molecular weight is 523 g/mol. The molecule has 0 spiro atoms. The van der Waals surface area contributed by atoms with E-state index in [1.807, 2.05) is 0 Å². The first kappa shape index (κ1) is 26.7. The Balaban J connectivity index is 1.52. The summed E-state index contributed by atoms with van der Waals surface area (Å²) >= 11 is 6.46. The topological polar surface area (TPSA) is 87.6 Å². The number of carbonyl (C=O) groups is 1. The first-order chi connectivity index (χ1) is 17.6. The number of carboxylic acid groups (broad SMARTS) is 1. The molecule has 0 aliphatic carbocycles. The van der Waals surface area contributed by atoms with E-state index in [0.29, 0.717) is 23.6 Å². The number of halogens is 1. The summed E-state index contributed by atoms with van der Waals surface area (Å²) in [5.74, 6) is 1.23. The molecule has 0 radical (unpaired) electrons. The fraction of sp³-hybridized carbons (Fsp3) is 0.414. The predicted molar refractivity (Wildman–Crippen MR) is 148 cm³/mol. The summed E-state index contributed by atoms with van der Waals surface area (Å²) < 4.78 is 5.52. The second kappa shape index (κ2) is 11.0. The van der Waals surface area contributed by atoms with Gasteiger partial charge in [0.1, 0.15) is 22.5 Å². The molecule has 2 aromatic carbocycles. The van der Waals surface area contributed by atoms with Crippen LogP contribution in [0.25, 0.3) is 0 Å². The molecule has 0 amide bonds. The van der Waals surface area contributed by atoms with Crippen molar-refractivity contribution in [2.24, 2.45) is 0 Å². The van der Waals surface area contributed by atoms with E-state index in [1.54, 1.807) is 7.11 Å². The molecule has 0 atom stereocenters. The van der Waals surface area contributed by atoms with Crippen LogP contribution in [0.15, 0.2) is 36.4 Å². The minimum atomic E-state index is -0.940. The highest BCUT2D eigenvalue weighted by molar-refractivity contribution is 6.30. The van der Waals surface area contributed by atoms with Crippen LogP contribution in [0.2, 0.25) is 5.15 Å². The summed E-state index contributed by atoms with van der Waals surface area (Å²) in [4.78, 5) is 22.7. The number of ether oxygens (including phenoxy) is 1. The minimum Gasteiger partial charge on any atom is -0.496 e. The maximum atomic E-state index is 11.4. The van der Waals surface area contributed by atoms with E-state index in [1.165, 1.54) is 5.56 Å². The van der Waals surface area contributed by atoms with Gasteiger partial charge in [-0.05, 0) is 74.9 Å². The lowest BCUT2D eigenvalue weighted by molar-refractivity contribution is -0.136. The Morgan fingerprint density at radius 2 is 1.73 bits per heavy atom. The third-order valence-electron chi connectivity index (χ3n) is 6.87. The minimum absolute atomic E-state index is 0.186. The van der Waals surface area contributed by atoms with E-state index in [0.717, 1.165) is 54.1 Å². The zero-order valence-corrected chi connectivity index (χ0v) is 22.9. The Morgan fingerprint density at radius 1 is 1.11 bits per heavy atom. The van der Waals surface area contributed by atoms with Crippen molar-refractivity contribution in [1.82, 2.24) is 9.97 Å². The summed E-state index contributed by atoms with van der Waals surface area (Å²) in [6.07, 6.45) is 2.44. The molecule has 0 saturated carbocycles. The maximum Gasteiger partial charge on any atom is 0.308 e. The van der Waals surface area contributed by atoms with Crippen LogP contribution < -0.4 is 15.0 Å². The van der Waals surface area contributed by atoms with Crippen molar-refractivity contribution >= 4 is 29.1 Å². The van der Waals surface area contributed by atoms with Gasteiger partial charge in [0.25, 0.3) is 0 Å². The van der Waals surface area contributed by atoms with E-state index < -0.39 is 5.97 Å². The van der Waals surface area contributed by atoms with Gasteiger partial charge < -0.3 is 20.1 Å². The number of benzene rings is 2. The van der Waals surface area contributed by atoms with Crippen LogP contribution in [0.4, 0.5) is 11.5 Å². The fourth-order valence-corrected chi connectivity index (χ4v) is 5.26. The number of nitrogens with one attached hydrogen (secondary N) is 1. The van der Waals surface area contributed by atoms with E-state index >= 15 is 0 Å². The zero-order valence-electron chi connectivity index (χ0n) is 22.2. The Hall–Kier alpha value is -3.32. The highest BCUT2D eigenvalue weighted by atomic mass is 35.5. The Morgan fingerprint density at radius 3 is 2.30 bits per heavy atom. The van der Waals surface area contributed by atoms with Crippen LogP contribution in [0.5, 0.6) is 5.75 Å². The van der Waals surface area contributed by atoms with Crippen molar-refractivity contribution < 1.29 is 14.6 Å². The Labute approximate surface area is 223 Å². The van der Waals surface area contributed by atoms with E-state index in [4.69, 9.17) is 21.3 Å². The van der Waals surface area contributed by atoms with Gasteiger partial charge in [0, 0.05) is 30.8 Å². The van der Waals surface area contributed by atoms with Crippen LogP contribution in [-0.2, 0) is 23.2 Å². The number of aromatic nitrogens is 2. The van der Waals surface area contributed by atoms with Crippen molar-refractivity contribution in [2.45, 2.75) is 58.9 Å². The van der Waals surface area contributed by atoms with Gasteiger partial charge >= 0.3 is 5.97 Å². The Bertz CT molecular complexity index is 1260. The normalized spacial score (nSPS) is 13.6. The third kappa shape index (κ3) is 6.16. The molecule has 1 saturated heterocycles. The predicted octanol–water partition coefficient (Wildman–Crippen LogP) is 5.92. The number of anilines is 2. The molecule has 1 fully saturated rings. The number of hydrogen-bond acceptors (Lipinski definition) is 6. The van der Waals surface area contributed by atoms with E-state index in [-0.39, 0.29) is 17.1 Å². The molecule has 1 aromatic heterocycles. The first-order valence-electron chi connectivity index (χ1n) is 12.6. The van der Waals surface area contributed by atoms with Gasteiger partial charge in [-0.3, -0.25) is 4.79 Å². The lowest BCUT2D eigenvalue weighted by Gasteiger charge is -2.29. The van der Waals surface area contributed by atoms with Gasteiger partial charge in [-0.15, -0.1) is 0 Å². The third-order valence-corrected chi connectivity index (χ3v) is 7.19. The van der Waals surface area contributed by atoms with Gasteiger partial charge in [-0.25, -0.2) is 9.97 Å². The quantitative estimate of drug-likeness (QED) is 0.337. The first-order valence-corrected chi connectivity index (χ1v) is 13.0. The number of carboxylic acids is 1. The lowest BCUT2D eigenvalue weighted by atomic mass is 9.90. The molecule has 7 nitrogen and oxygen atoms in total. The summed E-state index contributed by atoms with van der Waals surface area (Å²) in [6.45, 7) is 10.2. The van der Waals surface area contributed by atoms with Crippen molar-refractivity contribution in [1.29, 1.82) is 0 Å². The number of aliphatic carboxylic acids is 1. The molecule has 4 rings (SSSR count). The van der Waals surface area contributed by atoms with Gasteiger partial charge in [0.15, 0.2) is 0 Å². The lowest BCUT2D eigenvalue weighted by Crippen LogP contribution is -2.28. The number of nitrogens with zero attached hydrogens (tertiary/aromatic N) is 3. The molecule has 1 aliphatic heterocycles. The molecular formula is C29H35ClN4O3. The molecule has 2 N–H and O–H groups in total. The molecule has 2 heterocycles. The van der Waals surface area contributed by atoms with Gasteiger partial charge in [-0.1, -0.05) is 35.9 Å². The van der Waals surface area contributed by atoms with Crippen LogP contribution in [0.1, 0.15) is 60.3 Å². The van der Waals surface area contributed by atoms with Crippen molar-refractivity contribution in [2.75, 3.05) is 30.4 Å². The number of methoxy groups -OCH3 is 1. The van der Waals surface area contributed by atoms with Crippen LogP contribution in [-0.4, -0.2) is 41.2 Å². The molecule has 0 unspecified atom stereocenters. The zero-order chi connectivity index (χ0) is 26.7. The maximum absolute atomic E-state index is 11.4. The smallest absolute Gasteiger partial charge is 0.308 e. The average Bonchev–Trinajstić information content (AvgIpc) is 3.36. The van der Waals surface area contributed by atoms with E-state index in [2.05, 4.69) is 79.3 Å². The van der Waals surface area contributed by atoms with Crippen molar-refractivity contribution in [3.05, 3.63) is 75.2 Å². The molecule has 196 valence electrons. The molecule has 1 aliphatic rings. The van der Waals surface area contributed by atoms with E-state index in [9.17, 15) is 9.90 Å². The molecule has 37 heavy (non-hydrogen) atoms. The largest absolute Gasteiger partial charge is 0.496 e. The van der Waals surface area contributed by atoms with Crippen LogP contribution in [0, 0.1) is 13.8 Å².